The molecule has 2 heterocycles. The molecule has 0 fully saturated rings. The molecule has 3 aromatic rings. The lowest BCUT2D eigenvalue weighted by Crippen LogP contribution is -2.26. The molecule has 0 saturated heterocycles. The van der Waals surface area contributed by atoms with Crippen LogP contribution in [0.15, 0.2) is 51.5 Å². The van der Waals surface area contributed by atoms with E-state index in [1.54, 1.807) is 17.5 Å². The number of nitrogens with one attached hydrogen (secondary N) is 1. The Morgan fingerprint density at radius 1 is 1.17 bits per heavy atom. The second kappa shape index (κ2) is 8.86. The highest BCUT2D eigenvalue weighted by atomic mass is 32.2. The lowest BCUT2D eigenvalue weighted by molar-refractivity contribution is 0.101. The van der Waals surface area contributed by atoms with Crippen LogP contribution in [-0.2, 0) is 16.6 Å². The van der Waals surface area contributed by atoms with Crippen molar-refractivity contribution in [3.05, 3.63) is 57.8 Å². The van der Waals surface area contributed by atoms with Crippen LogP contribution in [0.3, 0.4) is 0 Å². The zero-order valence-electron chi connectivity index (χ0n) is 16.7. The predicted molar refractivity (Wildman–Crippen MR) is 115 cm³/mol. The maximum absolute atomic E-state index is 12.5. The highest BCUT2D eigenvalue weighted by Crippen LogP contribution is 2.26. The van der Waals surface area contributed by atoms with Crippen LogP contribution in [0, 0.1) is 0 Å². The van der Waals surface area contributed by atoms with Gasteiger partial charge < -0.3 is 0 Å². The Kier molecular flexibility index (Phi) is 6.44. The maximum atomic E-state index is 12.5. The molecule has 0 bridgehead atoms. The van der Waals surface area contributed by atoms with Crippen molar-refractivity contribution >= 4 is 32.4 Å². The number of nitrogens with zero attached hydrogens (tertiary/aromatic N) is 4. The third-order valence-corrected chi connectivity index (χ3v) is 6.78. The molecule has 11 heteroatoms. The van der Waals surface area contributed by atoms with E-state index < -0.39 is 15.9 Å². The van der Waals surface area contributed by atoms with Gasteiger partial charge in [0.15, 0.2) is 5.13 Å². The molecule has 158 valence electrons. The van der Waals surface area contributed by atoms with Crippen molar-refractivity contribution < 1.29 is 13.2 Å². The molecule has 1 N–H and O–H groups in total. The average Bonchev–Trinajstić information content (AvgIpc) is 3.18. The Hall–Kier alpha value is -2.89. The van der Waals surface area contributed by atoms with Crippen molar-refractivity contribution in [2.75, 3.05) is 19.4 Å². The van der Waals surface area contributed by atoms with E-state index in [1.807, 2.05) is 6.92 Å². The molecule has 30 heavy (non-hydrogen) atoms. The van der Waals surface area contributed by atoms with Crippen molar-refractivity contribution in [1.82, 2.24) is 19.1 Å². The third kappa shape index (κ3) is 4.64. The largest absolute Gasteiger partial charge is 0.296 e. The molecule has 0 saturated carbocycles. The van der Waals surface area contributed by atoms with E-state index in [4.69, 9.17) is 0 Å². The average molecular weight is 448 g/mol. The van der Waals surface area contributed by atoms with Gasteiger partial charge in [0.1, 0.15) is 5.69 Å². The van der Waals surface area contributed by atoms with E-state index in [0.29, 0.717) is 17.4 Å². The van der Waals surface area contributed by atoms with Gasteiger partial charge in [-0.1, -0.05) is 19.1 Å². The van der Waals surface area contributed by atoms with Crippen LogP contribution >= 0.6 is 11.3 Å². The number of hydrogen-bond acceptors (Lipinski definition) is 7. The first-order valence-electron chi connectivity index (χ1n) is 9.10. The van der Waals surface area contributed by atoms with Gasteiger partial charge in [0.2, 0.25) is 10.0 Å². The van der Waals surface area contributed by atoms with Gasteiger partial charge in [0.05, 0.1) is 10.6 Å². The molecule has 3 rings (SSSR count). The fourth-order valence-electron chi connectivity index (χ4n) is 2.58. The van der Waals surface area contributed by atoms with Crippen LogP contribution in [0.5, 0.6) is 0 Å². The van der Waals surface area contributed by atoms with Gasteiger partial charge in [-0.3, -0.25) is 14.9 Å². The number of aromatic nitrogens is 3. The first-order chi connectivity index (χ1) is 14.2. The second-order valence-corrected chi connectivity index (χ2v) is 9.59. The summed E-state index contributed by atoms with van der Waals surface area (Å²) in [5.41, 5.74) is 1.19. The summed E-state index contributed by atoms with van der Waals surface area (Å²) >= 11 is 1.23. The van der Waals surface area contributed by atoms with Crippen molar-refractivity contribution in [2.45, 2.75) is 24.8 Å². The summed E-state index contributed by atoms with van der Waals surface area (Å²) in [4.78, 5) is 28.8. The van der Waals surface area contributed by atoms with Crippen molar-refractivity contribution in [1.29, 1.82) is 0 Å². The summed E-state index contributed by atoms with van der Waals surface area (Å²) in [6.45, 7) is 2.35. The number of benzene rings is 1. The minimum absolute atomic E-state index is 0.123. The number of sulfonamides is 1. The summed E-state index contributed by atoms with van der Waals surface area (Å²) in [5.74, 6) is -0.465. The number of hydrogen-bond donors (Lipinski definition) is 1. The van der Waals surface area contributed by atoms with Crippen LogP contribution in [0.25, 0.3) is 11.3 Å². The molecule has 2 aromatic heterocycles. The summed E-state index contributed by atoms with van der Waals surface area (Å²) in [6.07, 6.45) is 0.725. The summed E-state index contributed by atoms with van der Waals surface area (Å²) < 4.78 is 26.7. The van der Waals surface area contributed by atoms with Crippen LogP contribution in [0.1, 0.15) is 23.8 Å². The molecule has 0 aliphatic heterocycles. The minimum Gasteiger partial charge on any atom is -0.296 e. The molecular weight excluding hydrogens is 426 g/mol. The molecule has 0 spiro atoms. The molecule has 0 atom stereocenters. The van der Waals surface area contributed by atoms with Crippen LogP contribution in [0.4, 0.5) is 5.13 Å². The maximum Gasteiger partial charge on any atom is 0.277 e. The zero-order valence-corrected chi connectivity index (χ0v) is 18.3. The van der Waals surface area contributed by atoms with E-state index in [1.165, 1.54) is 54.4 Å². The number of amides is 1. The number of aryl methyl sites for hydroxylation is 1. The number of thiazole rings is 1. The van der Waals surface area contributed by atoms with Gasteiger partial charge in [0.25, 0.3) is 11.5 Å². The fourth-order valence-corrected chi connectivity index (χ4v) is 4.19. The Morgan fingerprint density at radius 3 is 2.50 bits per heavy atom. The predicted octanol–water partition coefficient (Wildman–Crippen LogP) is 2.28. The Bertz CT molecular complexity index is 1210. The van der Waals surface area contributed by atoms with Gasteiger partial charge in [-0.2, -0.15) is 5.10 Å². The first-order valence-corrected chi connectivity index (χ1v) is 11.4. The molecule has 0 aliphatic carbocycles. The van der Waals surface area contributed by atoms with E-state index >= 15 is 0 Å². The van der Waals surface area contributed by atoms with Crippen molar-refractivity contribution in [3.63, 3.8) is 0 Å². The van der Waals surface area contributed by atoms with Gasteiger partial charge in [-0.25, -0.2) is 22.4 Å². The molecule has 9 nitrogen and oxygen atoms in total. The second-order valence-electron chi connectivity index (χ2n) is 6.58. The molecular formula is C19H21N5O4S2. The monoisotopic (exact) mass is 447 g/mol. The van der Waals surface area contributed by atoms with Crippen molar-refractivity contribution in [3.8, 4) is 11.3 Å². The van der Waals surface area contributed by atoms with Gasteiger partial charge in [-0.15, -0.1) is 11.3 Å². The zero-order chi connectivity index (χ0) is 21.9. The highest BCUT2D eigenvalue weighted by Gasteiger charge is 2.17. The number of rotatable bonds is 7. The fraction of sp³-hybridized carbons (Fsp3) is 0.263. The number of anilines is 1. The standard InChI is InChI=1S/C19H21N5O4S2/c1-4-11-24-17(25)10-9-15(22-24)18(26)21-19-20-16(12-29-19)13-5-7-14(8-6-13)30(27,28)23(2)3/h5-10,12H,4,11H2,1-3H3,(H,20,21,26). The number of carbonyl (C=O) groups excluding carboxylic acids is 1. The summed E-state index contributed by atoms with van der Waals surface area (Å²) in [7, 11) is -0.553. The van der Waals surface area contributed by atoms with Crippen LogP contribution in [0.2, 0.25) is 0 Å². The minimum atomic E-state index is -3.50. The molecule has 1 amide bonds. The highest BCUT2D eigenvalue weighted by molar-refractivity contribution is 7.89. The first kappa shape index (κ1) is 21.8. The van der Waals surface area contributed by atoms with Gasteiger partial charge >= 0.3 is 0 Å². The molecule has 0 unspecified atom stereocenters. The molecule has 0 radical (unpaired) electrons. The Balaban J connectivity index is 1.76. The Labute approximate surface area is 178 Å². The lowest BCUT2D eigenvalue weighted by atomic mass is 10.2. The van der Waals surface area contributed by atoms with E-state index in [9.17, 15) is 18.0 Å². The van der Waals surface area contributed by atoms with Gasteiger partial charge in [0, 0.05) is 37.6 Å². The topological polar surface area (TPSA) is 114 Å². The lowest BCUT2D eigenvalue weighted by Gasteiger charge is -2.11. The summed E-state index contributed by atoms with van der Waals surface area (Å²) in [6, 6.07) is 9.06. The molecule has 1 aromatic carbocycles. The van der Waals surface area contributed by atoms with Crippen LogP contribution in [-0.4, -0.2) is 47.5 Å². The van der Waals surface area contributed by atoms with E-state index in [2.05, 4.69) is 15.4 Å². The number of carbonyl (C=O) groups is 1. The molecule has 0 aliphatic rings. The Morgan fingerprint density at radius 2 is 1.87 bits per heavy atom. The summed E-state index contributed by atoms with van der Waals surface area (Å²) in [5, 5.41) is 8.88. The quantitative estimate of drug-likeness (QED) is 0.594. The van der Waals surface area contributed by atoms with E-state index in [0.717, 1.165) is 16.3 Å². The smallest absolute Gasteiger partial charge is 0.277 e. The normalized spacial score (nSPS) is 11.6. The van der Waals surface area contributed by atoms with Gasteiger partial charge in [-0.05, 0) is 24.6 Å². The van der Waals surface area contributed by atoms with Crippen LogP contribution < -0.4 is 10.9 Å². The SMILES string of the molecule is CCCn1nc(C(=O)Nc2nc(-c3ccc(S(=O)(=O)N(C)C)cc3)cs2)ccc1=O. The third-order valence-electron chi connectivity index (χ3n) is 4.19. The van der Waals surface area contributed by atoms with E-state index in [-0.39, 0.29) is 16.1 Å². The van der Waals surface area contributed by atoms with Crippen molar-refractivity contribution in [2.24, 2.45) is 0 Å².